The topological polar surface area (TPSA) is 32.3 Å². The summed E-state index contributed by atoms with van der Waals surface area (Å²) in [5, 5.41) is 3.14. The van der Waals surface area contributed by atoms with Gasteiger partial charge in [0, 0.05) is 18.0 Å². The van der Waals surface area contributed by atoms with Crippen molar-refractivity contribution in [3.8, 4) is 0 Å². The van der Waals surface area contributed by atoms with Gasteiger partial charge in [-0.25, -0.2) is 0 Å². The Labute approximate surface area is 154 Å². The third-order valence-electron chi connectivity index (χ3n) is 4.80. The van der Waals surface area contributed by atoms with Gasteiger partial charge in [0.15, 0.2) is 0 Å². The maximum absolute atomic E-state index is 12.6. The molecule has 1 N–H and O–H groups in total. The van der Waals surface area contributed by atoms with Gasteiger partial charge in [-0.3, -0.25) is 9.69 Å². The Morgan fingerprint density at radius 3 is 2.48 bits per heavy atom. The van der Waals surface area contributed by atoms with Crippen LogP contribution >= 0.6 is 11.8 Å². The molecule has 1 unspecified atom stereocenters. The Hall–Kier alpha value is -1.78. The van der Waals surface area contributed by atoms with Crippen LogP contribution in [0.1, 0.15) is 30.5 Å². The molecule has 0 aromatic heterocycles. The number of hydrogen-bond donors (Lipinski definition) is 1. The summed E-state index contributed by atoms with van der Waals surface area (Å²) in [7, 11) is 0. The molecular weight excluding hydrogens is 328 g/mol. The molecule has 2 aromatic rings. The number of nitrogens with one attached hydrogen (secondary N) is 1. The van der Waals surface area contributed by atoms with Gasteiger partial charge in [0.2, 0.25) is 5.91 Å². The van der Waals surface area contributed by atoms with E-state index in [1.54, 1.807) is 11.8 Å². The first kappa shape index (κ1) is 18.0. The summed E-state index contributed by atoms with van der Waals surface area (Å²) in [5.41, 5.74) is 3.80. The van der Waals surface area contributed by atoms with E-state index in [0.717, 1.165) is 26.1 Å². The van der Waals surface area contributed by atoms with E-state index in [1.807, 2.05) is 18.2 Å². The quantitative estimate of drug-likeness (QED) is 0.819. The molecule has 0 saturated heterocycles. The number of benzene rings is 2. The third kappa shape index (κ3) is 4.44. The van der Waals surface area contributed by atoms with Gasteiger partial charge < -0.3 is 5.32 Å². The van der Waals surface area contributed by atoms with Crippen molar-refractivity contribution in [2.24, 2.45) is 0 Å². The van der Waals surface area contributed by atoms with Crippen molar-refractivity contribution >= 4 is 17.7 Å². The molecule has 4 heteroatoms. The summed E-state index contributed by atoms with van der Waals surface area (Å²) < 4.78 is 0. The molecule has 132 valence electrons. The molecule has 1 amide bonds. The summed E-state index contributed by atoms with van der Waals surface area (Å²) in [4.78, 5) is 16.2. The van der Waals surface area contributed by atoms with Gasteiger partial charge in [-0.05, 0) is 42.3 Å². The molecule has 0 fully saturated rings. The van der Waals surface area contributed by atoms with Crippen LogP contribution in [-0.4, -0.2) is 29.1 Å². The first-order valence-electron chi connectivity index (χ1n) is 9.02. The van der Waals surface area contributed by atoms with Gasteiger partial charge >= 0.3 is 0 Å². The number of carbonyl (C=O) groups excluding carboxylic acids is 1. The molecule has 3 nitrogen and oxygen atoms in total. The zero-order chi connectivity index (χ0) is 17.6. The molecule has 1 aliphatic rings. The fourth-order valence-corrected chi connectivity index (χ4v) is 4.42. The molecule has 0 saturated carbocycles. The van der Waals surface area contributed by atoms with E-state index in [0.29, 0.717) is 6.54 Å². The molecule has 3 rings (SSSR count). The number of thioether (sulfide) groups is 1. The zero-order valence-corrected chi connectivity index (χ0v) is 15.8. The van der Waals surface area contributed by atoms with Gasteiger partial charge in [0.05, 0.1) is 5.25 Å². The van der Waals surface area contributed by atoms with Crippen LogP contribution in [-0.2, 0) is 24.3 Å². The molecule has 0 bridgehead atoms. The molecule has 25 heavy (non-hydrogen) atoms. The monoisotopic (exact) mass is 354 g/mol. The highest BCUT2D eigenvalue weighted by Crippen LogP contribution is 2.36. The molecule has 0 spiro atoms. The second kappa shape index (κ2) is 8.54. The summed E-state index contributed by atoms with van der Waals surface area (Å²) >= 11 is 1.68. The average Bonchev–Trinajstić information content (AvgIpc) is 3.09. The van der Waals surface area contributed by atoms with Crippen LogP contribution in [0.5, 0.6) is 0 Å². The number of fused-ring (bicyclic) bond motifs is 1. The van der Waals surface area contributed by atoms with Crippen molar-refractivity contribution in [2.45, 2.75) is 43.5 Å². The van der Waals surface area contributed by atoms with E-state index in [1.165, 1.54) is 21.6 Å². The minimum atomic E-state index is -0.00709. The third-order valence-corrected chi connectivity index (χ3v) is 6.12. The maximum atomic E-state index is 12.6. The number of carbonyl (C=O) groups is 1. The number of hydrogen-bond acceptors (Lipinski definition) is 3. The highest BCUT2D eigenvalue weighted by atomic mass is 32.2. The van der Waals surface area contributed by atoms with Crippen LogP contribution in [0.25, 0.3) is 0 Å². The fraction of sp³-hybridized carbons (Fsp3) is 0.381. The highest BCUT2D eigenvalue weighted by Gasteiger charge is 2.27. The molecule has 1 atom stereocenters. The van der Waals surface area contributed by atoms with E-state index in [9.17, 15) is 4.79 Å². The summed E-state index contributed by atoms with van der Waals surface area (Å²) in [6.45, 7) is 7.97. The second-order valence-corrected chi connectivity index (χ2v) is 7.61. The summed E-state index contributed by atoms with van der Waals surface area (Å²) in [5.74, 6) is 0.138. The largest absolute Gasteiger partial charge is 0.351 e. The number of amides is 1. The Morgan fingerprint density at radius 2 is 1.76 bits per heavy atom. The Kier molecular flexibility index (Phi) is 6.16. The van der Waals surface area contributed by atoms with Crippen LogP contribution in [0.15, 0.2) is 53.4 Å². The van der Waals surface area contributed by atoms with E-state index < -0.39 is 0 Å². The average molecular weight is 355 g/mol. The standard InChI is InChI=1S/C21H26N2OS/c1-3-23(4-2)15-18-11-6-5-10-17(18)14-22-21(24)20-13-16-9-7-8-12-19(16)25-20/h5-12,20H,3-4,13-15H2,1-2H3,(H,22,24). The second-order valence-electron chi connectivity index (χ2n) is 6.37. The van der Waals surface area contributed by atoms with Crippen LogP contribution in [0.3, 0.4) is 0 Å². The highest BCUT2D eigenvalue weighted by molar-refractivity contribution is 8.01. The Bertz CT molecular complexity index is 702. The fourth-order valence-electron chi connectivity index (χ4n) is 3.20. The van der Waals surface area contributed by atoms with E-state index in [-0.39, 0.29) is 11.2 Å². The van der Waals surface area contributed by atoms with Crippen LogP contribution in [0.2, 0.25) is 0 Å². The lowest BCUT2D eigenvalue weighted by Crippen LogP contribution is -2.32. The van der Waals surface area contributed by atoms with E-state index in [2.05, 4.69) is 54.4 Å². The minimum Gasteiger partial charge on any atom is -0.351 e. The predicted molar refractivity (Wildman–Crippen MR) is 105 cm³/mol. The van der Waals surface area contributed by atoms with Crippen molar-refractivity contribution in [1.29, 1.82) is 0 Å². The molecule has 0 radical (unpaired) electrons. The molecular formula is C21H26N2OS. The van der Waals surface area contributed by atoms with Gasteiger partial charge in [-0.2, -0.15) is 0 Å². The van der Waals surface area contributed by atoms with Gasteiger partial charge in [0.25, 0.3) is 0 Å². The lowest BCUT2D eigenvalue weighted by Gasteiger charge is -2.20. The normalized spacial score (nSPS) is 16.0. The Balaban J connectivity index is 1.60. The predicted octanol–water partition coefficient (Wildman–Crippen LogP) is 3.86. The van der Waals surface area contributed by atoms with Crippen molar-refractivity contribution in [1.82, 2.24) is 10.2 Å². The van der Waals surface area contributed by atoms with Crippen LogP contribution < -0.4 is 5.32 Å². The van der Waals surface area contributed by atoms with Gasteiger partial charge in [-0.15, -0.1) is 11.8 Å². The van der Waals surface area contributed by atoms with Crippen LogP contribution in [0, 0.1) is 0 Å². The van der Waals surface area contributed by atoms with E-state index >= 15 is 0 Å². The zero-order valence-electron chi connectivity index (χ0n) is 15.0. The lowest BCUT2D eigenvalue weighted by molar-refractivity contribution is -0.120. The molecule has 2 aromatic carbocycles. The van der Waals surface area contributed by atoms with Crippen LogP contribution in [0.4, 0.5) is 0 Å². The first-order valence-corrected chi connectivity index (χ1v) is 9.90. The first-order chi connectivity index (χ1) is 12.2. The molecule has 1 heterocycles. The SMILES string of the molecule is CCN(CC)Cc1ccccc1CNC(=O)C1Cc2ccccc2S1. The van der Waals surface area contributed by atoms with Crippen molar-refractivity contribution < 1.29 is 4.79 Å². The van der Waals surface area contributed by atoms with Gasteiger partial charge in [-0.1, -0.05) is 56.3 Å². The van der Waals surface area contributed by atoms with Crippen molar-refractivity contribution in [3.05, 3.63) is 65.2 Å². The minimum absolute atomic E-state index is 0.00709. The Morgan fingerprint density at radius 1 is 1.08 bits per heavy atom. The van der Waals surface area contributed by atoms with Gasteiger partial charge in [0.1, 0.15) is 0 Å². The van der Waals surface area contributed by atoms with Crippen molar-refractivity contribution in [2.75, 3.05) is 13.1 Å². The van der Waals surface area contributed by atoms with Crippen molar-refractivity contribution in [3.63, 3.8) is 0 Å². The molecule has 1 aliphatic heterocycles. The number of nitrogens with zero attached hydrogens (tertiary/aromatic N) is 1. The summed E-state index contributed by atoms with van der Waals surface area (Å²) in [6, 6.07) is 16.7. The smallest absolute Gasteiger partial charge is 0.234 e. The lowest BCUT2D eigenvalue weighted by atomic mass is 10.1. The molecule has 0 aliphatic carbocycles. The summed E-state index contributed by atoms with van der Waals surface area (Å²) in [6.07, 6.45) is 0.827. The number of rotatable bonds is 7. The van der Waals surface area contributed by atoms with E-state index in [4.69, 9.17) is 0 Å². The maximum Gasteiger partial charge on any atom is 0.234 e.